The monoisotopic (exact) mass is 300 g/mol. The van der Waals surface area contributed by atoms with Gasteiger partial charge in [0.1, 0.15) is 11.2 Å². The van der Waals surface area contributed by atoms with Crippen molar-refractivity contribution < 1.29 is 24.5 Å². The van der Waals surface area contributed by atoms with Gasteiger partial charge >= 0.3 is 11.9 Å². The zero-order valence-corrected chi connectivity index (χ0v) is 12.0. The molecule has 0 saturated heterocycles. The summed E-state index contributed by atoms with van der Waals surface area (Å²) in [5, 5.41) is 19.2. The summed E-state index contributed by atoms with van der Waals surface area (Å²) >= 11 is 0. The molecule has 2 N–H and O–H groups in total. The third-order valence-corrected chi connectivity index (χ3v) is 3.61. The number of carbonyl (C=O) groups is 2. The Labute approximate surface area is 127 Å². The number of carboxylic acid groups (broad SMARTS) is 2. The predicted octanol–water partition coefficient (Wildman–Crippen LogP) is 2.54. The van der Waals surface area contributed by atoms with Crippen LogP contribution < -0.4 is 4.74 Å². The largest absolute Gasteiger partial charge is 0.496 e. The molecule has 1 atom stereocenters. The maximum atomic E-state index is 12.1. The minimum Gasteiger partial charge on any atom is -0.496 e. The normalized spacial score (nSPS) is 13.1. The highest BCUT2D eigenvalue weighted by molar-refractivity contribution is 5.91. The van der Waals surface area contributed by atoms with Crippen molar-refractivity contribution in [2.24, 2.45) is 0 Å². The van der Waals surface area contributed by atoms with Crippen LogP contribution in [0.4, 0.5) is 0 Å². The van der Waals surface area contributed by atoms with Gasteiger partial charge < -0.3 is 14.9 Å². The van der Waals surface area contributed by atoms with Crippen LogP contribution in [0, 0.1) is 0 Å². The molecule has 0 saturated carbocycles. The maximum absolute atomic E-state index is 12.1. The van der Waals surface area contributed by atoms with E-state index in [0.717, 1.165) is 0 Å². The smallest absolute Gasteiger partial charge is 0.319 e. The van der Waals surface area contributed by atoms with Crippen molar-refractivity contribution in [1.29, 1.82) is 0 Å². The lowest BCUT2D eigenvalue weighted by Crippen LogP contribution is -2.39. The predicted molar refractivity (Wildman–Crippen MR) is 80.1 cm³/mol. The number of rotatable bonds is 6. The fourth-order valence-corrected chi connectivity index (χ4v) is 2.61. The molecule has 0 spiro atoms. The van der Waals surface area contributed by atoms with Gasteiger partial charge in [-0.3, -0.25) is 9.59 Å². The van der Waals surface area contributed by atoms with Crippen LogP contribution in [-0.2, 0) is 15.0 Å². The summed E-state index contributed by atoms with van der Waals surface area (Å²) < 4.78 is 5.25. The number of benzene rings is 2. The van der Waals surface area contributed by atoms with Crippen LogP contribution in [0.25, 0.3) is 0 Å². The number of hydrogen-bond acceptors (Lipinski definition) is 3. The van der Waals surface area contributed by atoms with Gasteiger partial charge in [-0.2, -0.15) is 0 Å². The first kappa shape index (κ1) is 15.6. The molecular weight excluding hydrogens is 284 g/mol. The molecule has 2 aromatic rings. The molecule has 0 radical (unpaired) electrons. The number of hydrogen-bond donors (Lipinski definition) is 2. The van der Waals surface area contributed by atoms with E-state index in [-0.39, 0.29) is 0 Å². The highest BCUT2D eigenvalue weighted by Gasteiger charge is 2.46. The van der Waals surface area contributed by atoms with Crippen molar-refractivity contribution in [1.82, 2.24) is 0 Å². The molecule has 0 aliphatic heterocycles. The zero-order chi connectivity index (χ0) is 16.2. The van der Waals surface area contributed by atoms with Gasteiger partial charge in [0.25, 0.3) is 0 Å². The van der Waals surface area contributed by atoms with Crippen LogP contribution in [0.15, 0.2) is 54.6 Å². The van der Waals surface area contributed by atoms with E-state index < -0.39 is 23.8 Å². The summed E-state index contributed by atoms with van der Waals surface area (Å²) in [5.41, 5.74) is -0.993. The molecule has 114 valence electrons. The Bertz CT molecular complexity index is 680. The van der Waals surface area contributed by atoms with Gasteiger partial charge in [-0.25, -0.2) is 0 Å². The number of methoxy groups -OCH3 is 1. The fourth-order valence-electron chi connectivity index (χ4n) is 2.61. The molecule has 0 fully saturated rings. The Morgan fingerprint density at radius 3 is 2.14 bits per heavy atom. The fraction of sp³-hybridized carbons (Fsp3) is 0.176. The number of ether oxygens (including phenoxy) is 1. The lowest BCUT2D eigenvalue weighted by Gasteiger charge is -2.30. The first-order valence-electron chi connectivity index (χ1n) is 6.66. The first-order valence-corrected chi connectivity index (χ1v) is 6.66. The highest BCUT2D eigenvalue weighted by Crippen LogP contribution is 2.40. The standard InChI is InChI=1S/C17H16O5/c1-22-14-10-6-5-9-13(14)17(16(20)21,11-15(18)19)12-7-3-2-4-8-12/h2-10H,11H2,1H3,(H,18,19)(H,20,21). The van der Waals surface area contributed by atoms with E-state index in [1.807, 2.05) is 0 Å². The lowest BCUT2D eigenvalue weighted by molar-refractivity contribution is -0.148. The molecule has 0 aromatic heterocycles. The van der Waals surface area contributed by atoms with Crippen LogP contribution >= 0.6 is 0 Å². The summed E-state index contributed by atoms with van der Waals surface area (Å²) in [6.07, 6.45) is -0.577. The van der Waals surface area contributed by atoms with E-state index in [9.17, 15) is 19.8 Å². The van der Waals surface area contributed by atoms with Gasteiger partial charge in [-0.05, 0) is 11.6 Å². The van der Waals surface area contributed by atoms with Gasteiger partial charge in [0.15, 0.2) is 0 Å². The second-order valence-electron chi connectivity index (χ2n) is 4.85. The van der Waals surface area contributed by atoms with Crippen LogP contribution in [0.3, 0.4) is 0 Å². The molecule has 0 aliphatic carbocycles. The van der Waals surface area contributed by atoms with Crippen molar-refractivity contribution in [3.05, 3.63) is 65.7 Å². The van der Waals surface area contributed by atoms with Crippen LogP contribution in [-0.4, -0.2) is 29.3 Å². The molecule has 0 aliphatic rings. The number of para-hydroxylation sites is 1. The molecule has 0 bridgehead atoms. The van der Waals surface area contributed by atoms with Crippen LogP contribution in [0.1, 0.15) is 17.5 Å². The Kier molecular flexibility index (Phi) is 4.46. The summed E-state index contributed by atoms with van der Waals surface area (Å²) in [5.74, 6) is -2.09. The number of carboxylic acids is 2. The summed E-state index contributed by atoms with van der Waals surface area (Å²) in [7, 11) is 1.43. The highest BCUT2D eigenvalue weighted by atomic mass is 16.5. The Balaban J connectivity index is 2.79. The van der Waals surface area contributed by atoms with Gasteiger partial charge in [0, 0.05) is 5.56 Å². The number of aliphatic carboxylic acids is 2. The Hall–Kier alpha value is -2.82. The van der Waals surface area contributed by atoms with E-state index >= 15 is 0 Å². The summed E-state index contributed by atoms with van der Waals surface area (Å²) in [4.78, 5) is 23.5. The van der Waals surface area contributed by atoms with Crippen molar-refractivity contribution in [3.8, 4) is 5.75 Å². The molecule has 0 heterocycles. The third-order valence-electron chi connectivity index (χ3n) is 3.61. The second kappa shape index (κ2) is 6.30. The molecule has 1 unspecified atom stereocenters. The zero-order valence-electron chi connectivity index (χ0n) is 12.0. The van der Waals surface area contributed by atoms with Gasteiger partial charge in [0.2, 0.25) is 0 Å². The van der Waals surface area contributed by atoms with E-state index in [0.29, 0.717) is 16.9 Å². The van der Waals surface area contributed by atoms with E-state index in [4.69, 9.17) is 4.74 Å². The minimum absolute atomic E-state index is 0.318. The van der Waals surface area contributed by atoms with Gasteiger partial charge in [-0.15, -0.1) is 0 Å². The lowest BCUT2D eigenvalue weighted by atomic mass is 9.71. The van der Waals surface area contributed by atoms with E-state index in [1.54, 1.807) is 54.6 Å². The molecule has 2 rings (SSSR count). The molecular formula is C17H16O5. The molecule has 5 heteroatoms. The SMILES string of the molecule is COc1ccccc1C(CC(=O)O)(C(=O)O)c1ccccc1. The molecule has 0 amide bonds. The quantitative estimate of drug-likeness (QED) is 0.856. The third kappa shape index (κ3) is 2.65. The second-order valence-corrected chi connectivity index (χ2v) is 4.85. The van der Waals surface area contributed by atoms with Crippen molar-refractivity contribution >= 4 is 11.9 Å². The van der Waals surface area contributed by atoms with E-state index in [1.165, 1.54) is 7.11 Å². The van der Waals surface area contributed by atoms with E-state index in [2.05, 4.69) is 0 Å². The summed E-state index contributed by atoms with van der Waals surface area (Å²) in [6, 6.07) is 14.9. The van der Waals surface area contributed by atoms with Gasteiger partial charge in [0.05, 0.1) is 13.5 Å². The van der Waals surface area contributed by atoms with Crippen LogP contribution in [0.2, 0.25) is 0 Å². The Morgan fingerprint density at radius 2 is 1.59 bits per heavy atom. The molecule has 22 heavy (non-hydrogen) atoms. The topological polar surface area (TPSA) is 83.8 Å². The minimum atomic E-state index is -1.71. The Morgan fingerprint density at radius 1 is 1.00 bits per heavy atom. The average molecular weight is 300 g/mol. The van der Waals surface area contributed by atoms with Crippen molar-refractivity contribution in [2.75, 3.05) is 7.11 Å². The summed E-state index contributed by atoms with van der Waals surface area (Å²) in [6.45, 7) is 0. The van der Waals surface area contributed by atoms with Crippen LogP contribution in [0.5, 0.6) is 5.75 Å². The average Bonchev–Trinajstić information content (AvgIpc) is 2.53. The van der Waals surface area contributed by atoms with Gasteiger partial charge in [-0.1, -0.05) is 48.5 Å². The first-order chi connectivity index (χ1) is 10.5. The maximum Gasteiger partial charge on any atom is 0.319 e. The molecule has 5 nitrogen and oxygen atoms in total. The van der Waals surface area contributed by atoms with Crippen molar-refractivity contribution in [3.63, 3.8) is 0 Å². The van der Waals surface area contributed by atoms with Crippen molar-refractivity contribution in [2.45, 2.75) is 11.8 Å². The molecule has 2 aromatic carbocycles.